The lowest BCUT2D eigenvalue weighted by Crippen LogP contribution is -2.39. The first-order valence-corrected chi connectivity index (χ1v) is 15.5. The van der Waals surface area contributed by atoms with Crippen LogP contribution in [-0.4, -0.2) is 31.4 Å². The van der Waals surface area contributed by atoms with Crippen LogP contribution in [0.2, 0.25) is 0 Å². The summed E-state index contributed by atoms with van der Waals surface area (Å²) in [6.07, 6.45) is 14.8. The Bertz CT molecular complexity index is 1120. The van der Waals surface area contributed by atoms with Crippen LogP contribution in [0, 0.1) is 0 Å². The third kappa shape index (κ3) is 11.5. The van der Waals surface area contributed by atoms with Crippen molar-refractivity contribution in [2.45, 2.75) is 77.6 Å². The molecule has 3 rings (SSSR count). The Labute approximate surface area is 235 Å². The molecule has 0 bridgehead atoms. The molecule has 1 aromatic heterocycles. The van der Waals surface area contributed by atoms with E-state index in [0.717, 1.165) is 37.3 Å². The molecule has 0 spiro atoms. The van der Waals surface area contributed by atoms with E-state index in [2.05, 4.69) is 95.2 Å². The summed E-state index contributed by atoms with van der Waals surface area (Å²) in [5, 5.41) is 0. The maximum absolute atomic E-state index is 9.22. The predicted molar refractivity (Wildman–Crippen MR) is 156 cm³/mol. The van der Waals surface area contributed by atoms with Crippen LogP contribution < -0.4 is 9.42 Å². The molecule has 8 heteroatoms. The highest BCUT2D eigenvalue weighted by molar-refractivity contribution is 7.80. The van der Waals surface area contributed by atoms with Crippen LogP contribution >= 0.6 is 0 Å². The fourth-order valence-electron chi connectivity index (χ4n) is 4.61. The Morgan fingerprint density at radius 1 is 0.769 bits per heavy atom. The number of hydrogen-bond acceptors (Lipinski definition) is 5. The van der Waals surface area contributed by atoms with Crippen molar-refractivity contribution in [1.29, 1.82) is 0 Å². The summed E-state index contributed by atoms with van der Waals surface area (Å²) in [7, 11) is 0.626. The van der Waals surface area contributed by atoms with Crippen molar-refractivity contribution < 1.29 is 26.6 Å². The number of nitrogens with zero attached hydrogens (tertiary/aromatic N) is 2. The van der Waals surface area contributed by atoms with Crippen molar-refractivity contribution >= 4 is 10.4 Å². The molecule has 2 aromatic carbocycles. The predicted octanol–water partition coefficient (Wildman–Crippen LogP) is 6.97. The molecule has 216 valence electrons. The molecule has 7 nitrogen and oxygen atoms in total. The summed E-state index contributed by atoms with van der Waals surface area (Å²) in [6.45, 7) is 3.05. The highest BCUT2D eigenvalue weighted by atomic mass is 32.3. The first kappa shape index (κ1) is 32.5. The van der Waals surface area contributed by atoms with Crippen LogP contribution in [0.15, 0.2) is 60.7 Å². The molecule has 0 aliphatic rings. The number of unbranched alkanes of at least 4 members (excludes halogenated alkanes) is 10. The highest BCUT2D eigenvalue weighted by Crippen LogP contribution is 2.37. The molecular formula is C31H46N2O5S. The first-order chi connectivity index (χ1) is 18.8. The first-order valence-electron chi connectivity index (χ1n) is 14.1. The van der Waals surface area contributed by atoms with Crippen molar-refractivity contribution in [1.82, 2.24) is 4.68 Å². The number of aromatic nitrogens is 2. The van der Waals surface area contributed by atoms with E-state index in [4.69, 9.17) is 4.74 Å². The number of benzene rings is 2. The number of rotatable bonds is 16. The van der Waals surface area contributed by atoms with Gasteiger partial charge < -0.3 is 9.29 Å². The minimum Gasteiger partial charge on any atom is -0.726 e. The lowest BCUT2D eigenvalue weighted by Gasteiger charge is -2.08. The minimum absolute atomic E-state index is 0.765. The number of hydrogen-bond donors (Lipinski definition) is 0. The van der Waals surface area contributed by atoms with Crippen LogP contribution in [0.4, 0.5) is 0 Å². The Hall–Kier alpha value is -2.68. The third-order valence-electron chi connectivity index (χ3n) is 6.82. The highest BCUT2D eigenvalue weighted by Gasteiger charge is 2.30. The maximum atomic E-state index is 9.22. The monoisotopic (exact) mass is 558 g/mol. The summed E-state index contributed by atoms with van der Waals surface area (Å²) in [5.41, 5.74) is 4.65. The fourth-order valence-corrected chi connectivity index (χ4v) is 4.61. The average Bonchev–Trinajstić information content (AvgIpc) is 3.19. The topological polar surface area (TPSA) is 84.5 Å². The molecule has 0 saturated carbocycles. The molecule has 0 aliphatic carbocycles. The van der Waals surface area contributed by atoms with Crippen molar-refractivity contribution in [3.8, 4) is 28.3 Å². The van der Waals surface area contributed by atoms with Crippen molar-refractivity contribution in [2.75, 3.05) is 13.7 Å². The molecule has 1 heterocycles. The quantitative estimate of drug-likeness (QED) is 0.0821. The molecule has 0 fully saturated rings. The van der Waals surface area contributed by atoms with E-state index in [1.54, 1.807) is 0 Å². The van der Waals surface area contributed by atoms with Gasteiger partial charge >= 0.3 is 0 Å². The van der Waals surface area contributed by atoms with E-state index in [-0.39, 0.29) is 0 Å². The fraction of sp³-hybridized carbons (Fsp3) is 0.516. The summed E-state index contributed by atoms with van der Waals surface area (Å²) >= 11 is 0. The van der Waals surface area contributed by atoms with E-state index in [1.165, 1.54) is 75.3 Å². The van der Waals surface area contributed by atoms with Gasteiger partial charge in [0.2, 0.25) is 16.1 Å². The molecule has 0 atom stereocenters. The van der Waals surface area contributed by atoms with Gasteiger partial charge in [0.05, 0.1) is 26.3 Å². The Kier molecular flexibility index (Phi) is 14.9. The molecule has 0 saturated heterocycles. The Morgan fingerprint density at radius 2 is 1.21 bits per heavy atom. The molecule has 0 N–H and O–H groups in total. The smallest absolute Gasteiger partial charge is 0.280 e. The standard InChI is InChI=1S/C30H43N2O.CH4O4S/c1-4-5-6-7-8-9-10-11-12-13-20-25-33-30-28(26-21-16-14-17-22-26)31(2)32(3)29(30)27-23-18-15-19-24-27;1-5-6(2,3)4/h14-19,21-24H,4-13,20,25H2,1-3H3;1H3,(H,2,3,4)/q+1;/p-1. The zero-order valence-corrected chi connectivity index (χ0v) is 24.9. The van der Waals surface area contributed by atoms with Gasteiger partial charge in [0.1, 0.15) is 0 Å². The summed E-state index contributed by atoms with van der Waals surface area (Å²) in [4.78, 5) is 0. The molecular weight excluding hydrogens is 512 g/mol. The lowest BCUT2D eigenvalue weighted by atomic mass is 10.1. The van der Waals surface area contributed by atoms with Crippen LogP contribution in [0.25, 0.3) is 22.5 Å². The zero-order chi connectivity index (χ0) is 28.5. The number of ether oxygens (including phenoxy) is 1. The Morgan fingerprint density at radius 3 is 1.67 bits per heavy atom. The summed E-state index contributed by atoms with van der Waals surface area (Å²) in [6, 6.07) is 21.2. The van der Waals surface area contributed by atoms with E-state index >= 15 is 0 Å². The molecule has 0 radical (unpaired) electrons. The van der Waals surface area contributed by atoms with Gasteiger partial charge in [-0.2, -0.15) is 4.68 Å². The molecule has 3 aromatic rings. The van der Waals surface area contributed by atoms with E-state index in [0.29, 0.717) is 0 Å². The van der Waals surface area contributed by atoms with E-state index in [9.17, 15) is 13.0 Å². The van der Waals surface area contributed by atoms with Gasteiger partial charge in [-0.1, -0.05) is 120 Å². The zero-order valence-electron chi connectivity index (χ0n) is 24.1. The average molecular weight is 559 g/mol. The largest absolute Gasteiger partial charge is 0.726 e. The van der Waals surface area contributed by atoms with Crippen LogP contribution in [-0.2, 0) is 28.7 Å². The van der Waals surface area contributed by atoms with Gasteiger partial charge in [-0.25, -0.2) is 8.42 Å². The minimum atomic E-state index is -4.41. The van der Waals surface area contributed by atoms with Gasteiger partial charge in [-0.15, -0.1) is 4.68 Å². The maximum Gasteiger partial charge on any atom is 0.280 e. The van der Waals surface area contributed by atoms with Crippen LogP contribution in [0.1, 0.15) is 77.6 Å². The van der Waals surface area contributed by atoms with E-state index < -0.39 is 10.4 Å². The summed E-state index contributed by atoms with van der Waals surface area (Å²) in [5.74, 6) is 0.990. The second-order valence-corrected chi connectivity index (χ2v) is 10.9. The summed E-state index contributed by atoms with van der Waals surface area (Å²) < 4.78 is 41.9. The SMILES string of the molecule is CCCCCCCCCCCCCOc1c(-c2ccccc2)n(C)[n+](C)c1-c1ccccc1.COS(=O)(=O)[O-]. The lowest BCUT2D eigenvalue weighted by molar-refractivity contribution is -0.740. The van der Waals surface area contributed by atoms with E-state index in [1.807, 2.05) is 0 Å². The van der Waals surface area contributed by atoms with Crippen LogP contribution in [0.3, 0.4) is 0 Å². The van der Waals surface area contributed by atoms with Crippen LogP contribution in [0.5, 0.6) is 5.75 Å². The van der Waals surface area contributed by atoms with Gasteiger partial charge in [0.15, 0.2) is 12.7 Å². The second kappa shape index (κ2) is 17.8. The molecule has 0 aliphatic heterocycles. The normalized spacial score (nSPS) is 11.2. The molecule has 0 amide bonds. The van der Waals surface area contributed by atoms with Gasteiger partial charge in [0.25, 0.3) is 5.69 Å². The van der Waals surface area contributed by atoms with Gasteiger partial charge in [-0.05, 0) is 18.6 Å². The van der Waals surface area contributed by atoms with Crippen molar-refractivity contribution in [3.05, 3.63) is 60.7 Å². The van der Waals surface area contributed by atoms with Crippen molar-refractivity contribution in [2.24, 2.45) is 14.1 Å². The Balaban J connectivity index is 0.000000798. The van der Waals surface area contributed by atoms with Gasteiger partial charge in [0, 0.05) is 5.56 Å². The second-order valence-electron chi connectivity index (χ2n) is 9.76. The third-order valence-corrected chi connectivity index (χ3v) is 7.23. The molecule has 0 unspecified atom stereocenters. The van der Waals surface area contributed by atoms with Gasteiger partial charge in [-0.3, -0.25) is 4.18 Å². The molecule has 39 heavy (non-hydrogen) atoms. The van der Waals surface area contributed by atoms with Crippen molar-refractivity contribution in [3.63, 3.8) is 0 Å².